The van der Waals surface area contributed by atoms with Crippen LogP contribution in [0.5, 0.6) is 0 Å². The van der Waals surface area contributed by atoms with Gasteiger partial charge in [-0.1, -0.05) is 48.0 Å². The number of hydrogen-bond acceptors (Lipinski definition) is 4. The third-order valence-electron chi connectivity index (χ3n) is 6.22. The topological polar surface area (TPSA) is 36.9 Å². The van der Waals surface area contributed by atoms with Crippen molar-refractivity contribution < 1.29 is 19.6 Å². The minimum Gasteiger partial charge on any atom is -0.227 e. The number of rotatable bonds is 12. The fourth-order valence-electron chi connectivity index (χ4n) is 3.45. The van der Waals surface area contributed by atoms with Crippen LogP contribution in [0.3, 0.4) is 0 Å². The van der Waals surface area contributed by atoms with Crippen molar-refractivity contribution in [3.8, 4) is 0 Å². The Hall–Kier alpha value is -0.160. The molecule has 0 unspecified atom stereocenters. The average molecular weight is 345 g/mol. The van der Waals surface area contributed by atoms with Crippen LogP contribution < -0.4 is 0 Å². The zero-order chi connectivity index (χ0) is 18.1. The molecule has 4 nitrogen and oxygen atoms in total. The molecule has 0 saturated heterocycles. The molecule has 1 rings (SSSR count). The lowest BCUT2D eigenvalue weighted by Gasteiger charge is -2.40. The lowest BCUT2D eigenvalue weighted by Crippen LogP contribution is -2.45. The Morgan fingerprint density at radius 2 is 0.917 bits per heavy atom. The first-order valence-electron chi connectivity index (χ1n) is 10.2. The van der Waals surface area contributed by atoms with Crippen molar-refractivity contribution in [3.63, 3.8) is 0 Å². The maximum Gasteiger partial charge on any atom is 0.234 e. The zero-order valence-electron chi connectivity index (χ0n) is 16.9. The van der Waals surface area contributed by atoms with Crippen LogP contribution in [0.15, 0.2) is 0 Å². The van der Waals surface area contributed by atoms with E-state index in [4.69, 9.17) is 19.6 Å². The van der Waals surface area contributed by atoms with Crippen molar-refractivity contribution in [2.75, 3.05) is 0 Å². The second-order valence-electron chi connectivity index (χ2n) is 7.29. The Morgan fingerprint density at radius 1 is 0.583 bits per heavy atom. The summed E-state index contributed by atoms with van der Waals surface area (Å²) in [6.45, 7) is 12.9. The van der Waals surface area contributed by atoms with Gasteiger partial charge in [0.15, 0.2) is 0 Å². The van der Waals surface area contributed by atoms with Crippen LogP contribution in [0.4, 0.5) is 0 Å². The van der Waals surface area contributed by atoms with Crippen LogP contribution in [0.25, 0.3) is 0 Å². The molecule has 0 aromatic heterocycles. The van der Waals surface area contributed by atoms with E-state index in [1.54, 1.807) is 0 Å². The smallest absolute Gasteiger partial charge is 0.227 e. The quantitative estimate of drug-likeness (QED) is 0.231. The first-order chi connectivity index (χ1) is 11.5. The van der Waals surface area contributed by atoms with Crippen molar-refractivity contribution in [3.05, 3.63) is 0 Å². The van der Waals surface area contributed by atoms with Gasteiger partial charge in [-0.3, -0.25) is 0 Å². The first kappa shape index (κ1) is 21.9. The van der Waals surface area contributed by atoms with Gasteiger partial charge in [-0.15, -0.1) is 0 Å². The van der Waals surface area contributed by atoms with Crippen LogP contribution in [-0.2, 0) is 19.6 Å². The van der Waals surface area contributed by atoms with Gasteiger partial charge in [-0.25, -0.2) is 9.78 Å². The van der Waals surface area contributed by atoms with Gasteiger partial charge in [-0.05, 0) is 51.4 Å². The first-order valence-corrected chi connectivity index (χ1v) is 10.2. The molecule has 0 atom stereocenters. The molecule has 0 bridgehead atoms. The maximum atomic E-state index is 5.99. The van der Waals surface area contributed by atoms with Crippen molar-refractivity contribution >= 4 is 0 Å². The van der Waals surface area contributed by atoms with Gasteiger partial charge >= 0.3 is 0 Å². The molecular formula is C20H40O4. The van der Waals surface area contributed by atoms with E-state index in [-0.39, 0.29) is 11.2 Å². The minimum absolute atomic E-state index is 0.231. The van der Waals surface area contributed by atoms with E-state index >= 15 is 0 Å². The predicted octanol–water partition coefficient (Wildman–Crippen LogP) is 6.48. The summed E-state index contributed by atoms with van der Waals surface area (Å²) in [6.07, 6.45) is 10.6. The van der Waals surface area contributed by atoms with Gasteiger partial charge < -0.3 is 0 Å². The standard InChI is InChI=1S/C20H40O4/c1-7-18(8-2,9-3)21-23-20(16-14-13-15-17-20)24-22-19(10-4,11-5)12-6/h7-17H2,1-6H3. The fourth-order valence-corrected chi connectivity index (χ4v) is 3.45. The molecular weight excluding hydrogens is 304 g/mol. The summed E-state index contributed by atoms with van der Waals surface area (Å²) in [6, 6.07) is 0. The monoisotopic (exact) mass is 344 g/mol. The minimum atomic E-state index is -0.756. The average Bonchev–Trinajstić information content (AvgIpc) is 2.66. The largest absolute Gasteiger partial charge is 0.234 e. The molecule has 0 aromatic carbocycles. The molecule has 1 aliphatic rings. The predicted molar refractivity (Wildman–Crippen MR) is 97.4 cm³/mol. The molecule has 0 heterocycles. The summed E-state index contributed by atoms with van der Waals surface area (Å²) >= 11 is 0. The van der Waals surface area contributed by atoms with Crippen LogP contribution in [0.1, 0.15) is 112 Å². The van der Waals surface area contributed by atoms with Crippen LogP contribution in [-0.4, -0.2) is 17.0 Å². The Labute approximate surface area is 149 Å². The van der Waals surface area contributed by atoms with Crippen molar-refractivity contribution in [2.45, 2.75) is 129 Å². The molecule has 1 fully saturated rings. The highest BCUT2D eigenvalue weighted by Crippen LogP contribution is 2.38. The second-order valence-corrected chi connectivity index (χ2v) is 7.29. The van der Waals surface area contributed by atoms with E-state index < -0.39 is 5.79 Å². The Kier molecular flexibility index (Phi) is 9.21. The highest BCUT2D eigenvalue weighted by molar-refractivity contribution is 4.78. The SMILES string of the molecule is CCC(CC)(CC)OOC1(OOC(CC)(CC)CC)CCCCC1. The van der Waals surface area contributed by atoms with Gasteiger partial charge in [0, 0.05) is 12.8 Å². The van der Waals surface area contributed by atoms with Gasteiger partial charge in [0.1, 0.15) is 11.2 Å². The molecule has 1 saturated carbocycles. The molecule has 144 valence electrons. The van der Waals surface area contributed by atoms with Crippen molar-refractivity contribution in [2.24, 2.45) is 0 Å². The molecule has 4 heteroatoms. The van der Waals surface area contributed by atoms with E-state index in [1.165, 1.54) is 6.42 Å². The molecule has 0 radical (unpaired) electrons. The summed E-state index contributed by atoms with van der Waals surface area (Å²) in [5, 5.41) is 0. The highest BCUT2D eigenvalue weighted by atomic mass is 17.3. The second kappa shape index (κ2) is 10.1. The Balaban J connectivity index is 2.79. The van der Waals surface area contributed by atoms with Gasteiger partial charge in [0.25, 0.3) is 0 Å². The van der Waals surface area contributed by atoms with Crippen molar-refractivity contribution in [1.82, 2.24) is 0 Å². The van der Waals surface area contributed by atoms with E-state index in [9.17, 15) is 0 Å². The molecule has 0 aromatic rings. The fraction of sp³-hybridized carbons (Fsp3) is 1.00. The summed E-state index contributed by atoms with van der Waals surface area (Å²) in [5.74, 6) is -0.756. The Bertz CT molecular complexity index is 286. The maximum absolute atomic E-state index is 5.99. The van der Waals surface area contributed by atoms with E-state index in [2.05, 4.69) is 41.5 Å². The summed E-state index contributed by atoms with van der Waals surface area (Å²) in [7, 11) is 0. The van der Waals surface area contributed by atoms with Crippen LogP contribution >= 0.6 is 0 Å². The zero-order valence-corrected chi connectivity index (χ0v) is 16.9. The lowest BCUT2D eigenvalue weighted by atomic mass is 9.93. The summed E-state index contributed by atoms with van der Waals surface area (Å²) in [5.41, 5.74) is -0.462. The molecule has 0 amide bonds. The lowest BCUT2D eigenvalue weighted by molar-refractivity contribution is -0.552. The van der Waals surface area contributed by atoms with Gasteiger partial charge in [-0.2, -0.15) is 9.78 Å². The molecule has 1 aliphatic carbocycles. The molecule has 0 N–H and O–H groups in total. The summed E-state index contributed by atoms with van der Waals surface area (Å²) < 4.78 is 0. The van der Waals surface area contributed by atoms with Gasteiger partial charge in [0.2, 0.25) is 5.79 Å². The third kappa shape index (κ3) is 5.42. The summed E-state index contributed by atoms with van der Waals surface area (Å²) in [4.78, 5) is 23.9. The normalized spacial score (nSPS) is 18.8. The third-order valence-corrected chi connectivity index (χ3v) is 6.22. The molecule has 0 spiro atoms. The molecule has 24 heavy (non-hydrogen) atoms. The van der Waals surface area contributed by atoms with E-state index in [0.717, 1.165) is 64.2 Å². The van der Waals surface area contributed by atoms with Crippen LogP contribution in [0, 0.1) is 0 Å². The van der Waals surface area contributed by atoms with Crippen molar-refractivity contribution in [1.29, 1.82) is 0 Å². The number of hydrogen-bond donors (Lipinski definition) is 0. The van der Waals surface area contributed by atoms with E-state index in [0.29, 0.717) is 0 Å². The van der Waals surface area contributed by atoms with Crippen LogP contribution in [0.2, 0.25) is 0 Å². The van der Waals surface area contributed by atoms with Gasteiger partial charge in [0.05, 0.1) is 0 Å². The van der Waals surface area contributed by atoms with E-state index in [1.807, 2.05) is 0 Å². The Morgan fingerprint density at radius 3 is 1.21 bits per heavy atom. The highest BCUT2D eigenvalue weighted by Gasteiger charge is 2.42. The molecule has 0 aliphatic heterocycles.